The van der Waals surface area contributed by atoms with Gasteiger partial charge in [0.2, 0.25) is 0 Å². The molecule has 0 N–H and O–H groups in total. The predicted octanol–water partition coefficient (Wildman–Crippen LogP) is 16.3. The third-order valence-corrected chi connectivity index (χ3v) is 13.6. The average Bonchev–Trinajstić information content (AvgIpc) is 3.82. The summed E-state index contributed by atoms with van der Waals surface area (Å²) in [6, 6.07) is 87.9. The highest BCUT2D eigenvalue weighted by atomic mass is 15.1. The van der Waals surface area contributed by atoms with Gasteiger partial charge in [-0.25, -0.2) is 0 Å². The molecule has 0 heterocycles. The molecule has 0 fully saturated rings. The van der Waals surface area contributed by atoms with Gasteiger partial charge < -0.3 is 4.90 Å². The van der Waals surface area contributed by atoms with Gasteiger partial charge >= 0.3 is 0 Å². The van der Waals surface area contributed by atoms with Gasteiger partial charge in [-0.15, -0.1) is 0 Å². The number of fused-ring (bicyclic) bond motifs is 16. The van der Waals surface area contributed by atoms with Crippen molar-refractivity contribution in [3.8, 4) is 44.5 Å². The normalized spacial score (nSPS) is 13.0. The highest BCUT2D eigenvalue weighted by molar-refractivity contribution is 6.28. The summed E-state index contributed by atoms with van der Waals surface area (Å²) >= 11 is 0. The number of anilines is 3. The van der Waals surface area contributed by atoms with Crippen molar-refractivity contribution in [1.82, 2.24) is 0 Å². The van der Waals surface area contributed by atoms with Gasteiger partial charge in [0.15, 0.2) is 0 Å². The summed E-state index contributed by atoms with van der Waals surface area (Å²) in [5.74, 6) is 0. The van der Waals surface area contributed by atoms with E-state index < -0.39 is 5.41 Å². The second kappa shape index (κ2) is 13.5. The van der Waals surface area contributed by atoms with E-state index >= 15 is 0 Å². The molecular weight excluding hydrogens is 747 g/mol. The fourth-order valence-corrected chi connectivity index (χ4v) is 11.1. The third kappa shape index (κ3) is 4.91. The van der Waals surface area contributed by atoms with Crippen molar-refractivity contribution in [1.29, 1.82) is 0 Å². The smallest absolute Gasteiger partial charge is 0.0726 e. The zero-order valence-corrected chi connectivity index (χ0v) is 34.0. The maximum absolute atomic E-state index is 2.53. The van der Waals surface area contributed by atoms with Crippen LogP contribution in [-0.2, 0) is 5.41 Å². The lowest BCUT2D eigenvalue weighted by Crippen LogP contribution is -2.26. The molecule has 0 saturated heterocycles. The van der Waals surface area contributed by atoms with E-state index in [4.69, 9.17) is 0 Å². The predicted molar refractivity (Wildman–Crippen MR) is 261 cm³/mol. The van der Waals surface area contributed by atoms with Crippen molar-refractivity contribution in [2.45, 2.75) is 5.41 Å². The lowest BCUT2D eigenvalue weighted by atomic mass is 9.70. The largest absolute Gasteiger partial charge is 0.310 e. The molecule has 11 aromatic rings. The molecule has 13 rings (SSSR count). The fraction of sp³-hybridized carbons (Fsp3) is 0.0164. The van der Waals surface area contributed by atoms with Crippen LogP contribution in [0.15, 0.2) is 237 Å². The van der Waals surface area contributed by atoms with Crippen LogP contribution < -0.4 is 4.90 Å². The molecule has 0 atom stereocenters. The van der Waals surface area contributed by atoms with E-state index in [1.165, 1.54) is 99.1 Å². The molecule has 0 unspecified atom stereocenters. The van der Waals surface area contributed by atoms with Gasteiger partial charge in [-0.3, -0.25) is 0 Å². The zero-order valence-electron chi connectivity index (χ0n) is 34.0. The van der Waals surface area contributed by atoms with Crippen LogP contribution in [0.2, 0.25) is 0 Å². The molecule has 1 nitrogen and oxygen atoms in total. The maximum Gasteiger partial charge on any atom is 0.0726 e. The summed E-state index contributed by atoms with van der Waals surface area (Å²) in [7, 11) is 0. The Kier molecular flexibility index (Phi) is 7.59. The Balaban J connectivity index is 1.10. The van der Waals surface area contributed by atoms with Crippen LogP contribution in [0.25, 0.3) is 76.8 Å². The van der Waals surface area contributed by atoms with Gasteiger partial charge in [0.05, 0.1) is 11.1 Å². The van der Waals surface area contributed by atoms with Gasteiger partial charge in [0.25, 0.3) is 0 Å². The molecule has 62 heavy (non-hydrogen) atoms. The van der Waals surface area contributed by atoms with Crippen molar-refractivity contribution in [3.05, 3.63) is 259 Å². The molecule has 1 heteroatoms. The van der Waals surface area contributed by atoms with Crippen molar-refractivity contribution in [2.75, 3.05) is 4.90 Å². The third-order valence-electron chi connectivity index (χ3n) is 13.6. The molecule has 0 saturated carbocycles. The Hall–Kier alpha value is -8.00. The van der Waals surface area contributed by atoms with E-state index in [1.54, 1.807) is 0 Å². The van der Waals surface area contributed by atoms with E-state index in [0.717, 1.165) is 17.1 Å². The molecule has 2 aliphatic rings. The molecule has 0 bridgehead atoms. The van der Waals surface area contributed by atoms with E-state index in [0.29, 0.717) is 0 Å². The average molecular weight is 786 g/mol. The number of benzene rings is 11. The SMILES string of the molecule is c1ccc(-c2cccc(-c3cccc(N(c4ccc5c(c4)C4(c6ccccc6-c6ccccc64)c4ccccc4-5)c4cccc5c6ccccc6c6ccccc6c45)c3)c2)cc1. The summed E-state index contributed by atoms with van der Waals surface area (Å²) in [5, 5.41) is 7.53. The Bertz CT molecular complexity index is 3490. The van der Waals surface area contributed by atoms with Crippen molar-refractivity contribution < 1.29 is 0 Å². The molecule has 1 spiro atoms. The Morgan fingerprint density at radius 2 is 0.677 bits per heavy atom. The second-order valence-electron chi connectivity index (χ2n) is 16.7. The molecule has 0 amide bonds. The summed E-state index contributed by atoms with van der Waals surface area (Å²) in [5.41, 5.74) is 18.3. The number of hydrogen-bond donors (Lipinski definition) is 0. The molecule has 0 radical (unpaired) electrons. The first kappa shape index (κ1) is 34.8. The van der Waals surface area contributed by atoms with Crippen molar-refractivity contribution in [2.24, 2.45) is 0 Å². The summed E-state index contributed by atoms with van der Waals surface area (Å²) < 4.78 is 0. The minimum absolute atomic E-state index is 0.456. The minimum Gasteiger partial charge on any atom is -0.310 e. The minimum atomic E-state index is -0.456. The van der Waals surface area contributed by atoms with Gasteiger partial charge in [-0.2, -0.15) is 0 Å². The first-order valence-electron chi connectivity index (χ1n) is 21.6. The molecular formula is C61H39N. The van der Waals surface area contributed by atoms with Crippen LogP contribution >= 0.6 is 0 Å². The summed E-state index contributed by atoms with van der Waals surface area (Å²) in [4.78, 5) is 2.53. The lowest BCUT2D eigenvalue weighted by Gasteiger charge is -2.32. The standard InChI is InChI=1S/C61H39N/c1-2-17-40(18-3-1)41-19-14-20-42(37-41)43-21-15-22-44(38-43)62(59-34-16-30-54-48-24-5-4-23-46(48)47-25-6-7-29-53(47)60(54)59)45-35-36-52-51-28-10-13-33-57(51)61(58(52)39-45)55-31-11-8-26-49(55)50-27-9-12-32-56(50)61/h1-39H. The van der Waals surface area contributed by atoms with Crippen LogP contribution in [0.1, 0.15) is 22.3 Å². The van der Waals surface area contributed by atoms with Crippen molar-refractivity contribution in [3.63, 3.8) is 0 Å². The molecule has 0 aromatic heterocycles. The number of nitrogens with zero attached hydrogens (tertiary/aromatic N) is 1. The summed E-state index contributed by atoms with van der Waals surface area (Å²) in [6.45, 7) is 0. The van der Waals surface area contributed by atoms with Crippen LogP contribution in [0.3, 0.4) is 0 Å². The summed E-state index contributed by atoms with van der Waals surface area (Å²) in [6.07, 6.45) is 0. The Morgan fingerprint density at radius 1 is 0.258 bits per heavy atom. The van der Waals surface area contributed by atoms with E-state index in [-0.39, 0.29) is 0 Å². The van der Waals surface area contributed by atoms with Gasteiger partial charge in [0, 0.05) is 16.8 Å². The van der Waals surface area contributed by atoms with Gasteiger partial charge in [0.1, 0.15) is 0 Å². The van der Waals surface area contributed by atoms with Gasteiger partial charge in [-0.1, -0.05) is 200 Å². The van der Waals surface area contributed by atoms with Crippen LogP contribution in [0, 0.1) is 0 Å². The van der Waals surface area contributed by atoms with Gasteiger partial charge in [-0.05, 0) is 130 Å². The molecule has 2 aliphatic carbocycles. The van der Waals surface area contributed by atoms with E-state index in [2.05, 4.69) is 241 Å². The zero-order chi connectivity index (χ0) is 40.8. The van der Waals surface area contributed by atoms with Crippen LogP contribution in [0.5, 0.6) is 0 Å². The Morgan fingerprint density at radius 3 is 1.31 bits per heavy atom. The topological polar surface area (TPSA) is 3.24 Å². The van der Waals surface area contributed by atoms with Crippen molar-refractivity contribution >= 4 is 49.4 Å². The van der Waals surface area contributed by atoms with Crippen LogP contribution in [-0.4, -0.2) is 0 Å². The molecule has 11 aromatic carbocycles. The van der Waals surface area contributed by atoms with Crippen LogP contribution in [0.4, 0.5) is 17.1 Å². The first-order valence-corrected chi connectivity index (χ1v) is 21.6. The maximum atomic E-state index is 2.53. The highest BCUT2D eigenvalue weighted by Gasteiger charge is 2.51. The Labute approximate surface area is 361 Å². The van der Waals surface area contributed by atoms with E-state index in [1.807, 2.05) is 0 Å². The highest BCUT2D eigenvalue weighted by Crippen LogP contribution is 2.63. The number of hydrogen-bond acceptors (Lipinski definition) is 1. The lowest BCUT2D eigenvalue weighted by molar-refractivity contribution is 0.793. The van der Waals surface area contributed by atoms with E-state index in [9.17, 15) is 0 Å². The quantitative estimate of drug-likeness (QED) is 0.157. The second-order valence-corrected chi connectivity index (χ2v) is 16.7. The number of rotatable bonds is 5. The molecule has 288 valence electrons. The fourth-order valence-electron chi connectivity index (χ4n) is 11.1. The molecule has 0 aliphatic heterocycles. The monoisotopic (exact) mass is 785 g/mol. The first-order chi connectivity index (χ1) is 30.8.